The van der Waals surface area contributed by atoms with Gasteiger partial charge in [0.25, 0.3) is 5.91 Å². The summed E-state index contributed by atoms with van der Waals surface area (Å²) in [6.07, 6.45) is 0. The Morgan fingerprint density at radius 2 is 2.00 bits per heavy atom. The lowest BCUT2D eigenvalue weighted by atomic mass is 10.1. The highest BCUT2D eigenvalue weighted by Gasteiger charge is 2.23. The number of carbonyl (C=O) groups is 3. The summed E-state index contributed by atoms with van der Waals surface area (Å²) in [5.74, 6) is -2.41. The van der Waals surface area contributed by atoms with E-state index in [1.54, 1.807) is 12.1 Å². The standard InChI is InChI=1S/C12H13BrN2O5/c1-20-9-4-7(13)2-3-8(9)12(19)15(5-10(14)16)6-11(17)18/h2-4H,5-6H2,1H3,(H2,14,16)(H,17,18). The van der Waals surface area contributed by atoms with Crippen LogP contribution in [-0.2, 0) is 9.59 Å². The number of hydrogen-bond donors (Lipinski definition) is 2. The van der Waals surface area contributed by atoms with Gasteiger partial charge in [-0.2, -0.15) is 0 Å². The van der Waals surface area contributed by atoms with Gasteiger partial charge in [-0.05, 0) is 18.2 Å². The molecule has 20 heavy (non-hydrogen) atoms. The zero-order valence-electron chi connectivity index (χ0n) is 10.6. The van der Waals surface area contributed by atoms with E-state index in [9.17, 15) is 14.4 Å². The van der Waals surface area contributed by atoms with Crippen LogP contribution in [0.25, 0.3) is 0 Å². The normalized spacial score (nSPS) is 9.90. The number of halogens is 1. The molecule has 0 saturated carbocycles. The van der Waals surface area contributed by atoms with E-state index < -0.39 is 30.9 Å². The minimum Gasteiger partial charge on any atom is -0.496 e. The lowest BCUT2D eigenvalue weighted by Crippen LogP contribution is -2.41. The zero-order valence-corrected chi connectivity index (χ0v) is 12.2. The molecule has 0 atom stereocenters. The van der Waals surface area contributed by atoms with Crippen molar-refractivity contribution < 1.29 is 24.2 Å². The Labute approximate surface area is 123 Å². The summed E-state index contributed by atoms with van der Waals surface area (Å²) < 4.78 is 5.77. The molecule has 0 aliphatic rings. The fourth-order valence-corrected chi connectivity index (χ4v) is 1.90. The molecular formula is C12H13BrN2O5. The average molecular weight is 345 g/mol. The van der Waals surface area contributed by atoms with Crippen LogP contribution in [-0.4, -0.2) is 48.0 Å². The van der Waals surface area contributed by atoms with Gasteiger partial charge in [0.15, 0.2) is 0 Å². The number of rotatable bonds is 6. The molecule has 0 aliphatic heterocycles. The second kappa shape index (κ2) is 6.90. The Bertz CT molecular complexity index is 531. The number of carbonyl (C=O) groups excluding carboxylic acids is 2. The van der Waals surface area contributed by atoms with Crippen molar-refractivity contribution in [2.45, 2.75) is 0 Å². The number of carboxylic acids is 1. The highest BCUT2D eigenvalue weighted by Crippen LogP contribution is 2.24. The van der Waals surface area contributed by atoms with E-state index >= 15 is 0 Å². The molecule has 0 fully saturated rings. The van der Waals surface area contributed by atoms with Crippen LogP contribution in [0.15, 0.2) is 22.7 Å². The van der Waals surface area contributed by atoms with Crippen molar-refractivity contribution in [3.05, 3.63) is 28.2 Å². The predicted octanol–water partition coefficient (Wildman–Crippen LogP) is 0.470. The van der Waals surface area contributed by atoms with Crippen LogP contribution in [0.2, 0.25) is 0 Å². The van der Waals surface area contributed by atoms with E-state index in [2.05, 4.69) is 15.9 Å². The average Bonchev–Trinajstić information content (AvgIpc) is 2.35. The number of aliphatic carboxylic acids is 1. The molecule has 3 N–H and O–H groups in total. The van der Waals surface area contributed by atoms with Gasteiger partial charge in [0.05, 0.1) is 12.7 Å². The second-order valence-electron chi connectivity index (χ2n) is 3.87. The molecule has 1 aromatic rings. The Balaban J connectivity index is 3.10. The predicted molar refractivity (Wildman–Crippen MR) is 73.4 cm³/mol. The van der Waals surface area contributed by atoms with E-state index in [1.807, 2.05) is 0 Å². The molecule has 8 heteroatoms. The van der Waals surface area contributed by atoms with Gasteiger partial charge in [-0.3, -0.25) is 14.4 Å². The third-order valence-electron chi connectivity index (χ3n) is 2.35. The van der Waals surface area contributed by atoms with Crippen LogP contribution in [0.4, 0.5) is 0 Å². The number of amides is 2. The summed E-state index contributed by atoms with van der Waals surface area (Å²) in [6, 6.07) is 4.65. The van der Waals surface area contributed by atoms with Gasteiger partial charge in [-0.15, -0.1) is 0 Å². The molecule has 0 aromatic heterocycles. The number of hydrogen-bond acceptors (Lipinski definition) is 4. The van der Waals surface area contributed by atoms with Crippen LogP contribution < -0.4 is 10.5 Å². The quantitative estimate of drug-likeness (QED) is 0.779. The number of nitrogens with zero attached hydrogens (tertiary/aromatic N) is 1. The Kier molecular flexibility index (Phi) is 5.51. The monoisotopic (exact) mass is 344 g/mol. The summed E-state index contributed by atoms with van der Waals surface area (Å²) in [5.41, 5.74) is 5.17. The molecule has 0 radical (unpaired) electrons. The van der Waals surface area contributed by atoms with E-state index in [1.165, 1.54) is 13.2 Å². The lowest BCUT2D eigenvalue weighted by Gasteiger charge is -2.20. The van der Waals surface area contributed by atoms with Crippen molar-refractivity contribution in [1.82, 2.24) is 4.90 Å². The molecule has 0 heterocycles. The summed E-state index contributed by atoms with van der Waals surface area (Å²) in [5, 5.41) is 8.78. The fourth-order valence-electron chi connectivity index (χ4n) is 1.56. The molecule has 0 spiro atoms. The fraction of sp³-hybridized carbons (Fsp3) is 0.250. The molecule has 0 bridgehead atoms. The minimum absolute atomic E-state index is 0.151. The molecule has 0 saturated heterocycles. The Morgan fingerprint density at radius 3 is 2.50 bits per heavy atom. The number of primary amides is 1. The first-order valence-corrected chi connectivity index (χ1v) is 6.27. The molecule has 1 aromatic carbocycles. The Morgan fingerprint density at radius 1 is 1.35 bits per heavy atom. The van der Waals surface area contributed by atoms with Gasteiger partial charge in [0, 0.05) is 4.47 Å². The summed E-state index contributed by atoms with van der Waals surface area (Å²) in [6.45, 7) is -1.11. The minimum atomic E-state index is -1.24. The second-order valence-corrected chi connectivity index (χ2v) is 4.78. The van der Waals surface area contributed by atoms with Gasteiger partial charge >= 0.3 is 5.97 Å². The number of nitrogens with two attached hydrogens (primary N) is 1. The van der Waals surface area contributed by atoms with E-state index in [0.29, 0.717) is 4.47 Å². The maximum absolute atomic E-state index is 12.3. The van der Waals surface area contributed by atoms with Gasteiger partial charge < -0.3 is 20.5 Å². The molecule has 7 nitrogen and oxygen atoms in total. The number of benzene rings is 1. The largest absolute Gasteiger partial charge is 0.496 e. The maximum Gasteiger partial charge on any atom is 0.323 e. The van der Waals surface area contributed by atoms with Crippen molar-refractivity contribution in [2.24, 2.45) is 5.73 Å². The number of methoxy groups -OCH3 is 1. The van der Waals surface area contributed by atoms with E-state index in [-0.39, 0.29) is 11.3 Å². The van der Waals surface area contributed by atoms with Crippen molar-refractivity contribution in [2.75, 3.05) is 20.2 Å². The SMILES string of the molecule is COc1cc(Br)ccc1C(=O)N(CC(N)=O)CC(=O)O. The van der Waals surface area contributed by atoms with Crippen LogP contribution >= 0.6 is 15.9 Å². The third-order valence-corrected chi connectivity index (χ3v) is 2.85. The van der Waals surface area contributed by atoms with Crippen molar-refractivity contribution in [1.29, 1.82) is 0 Å². The van der Waals surface area contributed by atoms with Crippen molar-refractivity contribution in [3.8, 4) is 5.75 Å². The highest BCUT2D eigenvalue weighted by atomic mass is 79.9. The number of ether oxygens (including phenoxy) is 1. The van der Waals surface area contributed by atoms with Crippen LogP contribution in [0.3, 0.4) is 0 Å². The van der Waals surface area contributed by atoms with Crippen LogP contribution in [0, 0.1) is 0 Å². The van der Waals surface area contributed by atoms with E-state index in [0.717, 1.165) is 4.90 Å². The van der Waals surface area contributed by atoms with Crippen molar-refractivity contribution in [3.63, 3.8) is 0 Å². The van der Waals surface area contributed by atoms with Gasteiger partial charge in [0.1, 0.15) is 18.8 Å². The van der Waals surface area contributed by atoms with Gasteiger partial charge in [-0.1, -0.05) is 15.9 Å². The summed E-state index contributed by atoms with van der Waals surface area (Å²) >= 11 is 3.23. The van der Waals surface area contributed by atoms with E-state index in [4.69, 9.17) is 15.6 Å². The Hall–Kier alpha value is -2.09. The maximum atomic E-state index is 12.3. The van der Waals surface area contributed by atoms with Crippen LogP contribution in [0.5, 0.6) is 5.75 Å². The molecule has 1 rings (SSSR count). The molecule has 2 amide bonds. The third kappa shape index (κ3) is 4.23. The first kappa shape index (κ1) is 16.0. The summed E-state index contributed by atoms with van der Waals surface area (Å²) in [7, 11) is 1.38. The first-order chi connectivity index (χ1) is 9.35. The highest BCUT2D eigenvalue weighted by molar-refractivity contribution is 9.10. The molecule has 0 aliphatic carbocycles. The first-order valence-electron chi connectivity index (χ1n) is 5.48. The van der Waals surface area contributed by atoms with Crippen LogP contribution in [0.1, 0.15) is 10.4 Å². The smallest absolute Gasteiger partial charge is 0.323 e. The topological polar surface area (TPSA) is 110 Å². The molecule has 0 unspecified atom stereocenters. The number of carboxylic acid groups (broad SMARTS) is 1. The summed E-state index contributed by atoms with van der Waals surface area (Å²) in [4.78, 5) is 34.8. The van der Waals surface area contributed by atoms with Gasteiger partial charge in [0.2, 0.25) is 5.91 Å². The lowest BCUT2D eigenvalue weighted by molar-refractivity contribution is -0.138. The zero-order chi connectivity index (χ0) is 15.3. The molecule has 108 valence electrons. The molecular weight excluding hydrogens is 332 g/mol. The van der Waals surface area contributed by atoms with Gasteiger partial charge in [-0.25, -0.2) is 0 Å². The van der Waals surface area contributed by atoms with Crippen molar-refractivity contribution >= 4 is 33.7 Å².